The standard InChI is InChI=1S/C43H48ClN5O4S/c1-32-29-38(20-22-41(32)45-23-9-10-24-47(2)3)54(51,52)46-43(50)40-21-19-36(30-42(40)53-37-12-5-4-6-13-37)49-27-25-48(26-28-49)31-34-11-7-8-14-39(34)33-15-17-35(44)18-16-33/h4-8,11-22,29-30,45H,9-10,23-28,31H2,1-3H3,(H,46,50). The molecule has 1 fully saturated rings. The fourth-order valence-corrected chi connectivity index (χ4v) is 7.76. The van der Waals surface area contributed by atoms with Crippen LogP contribution in [0, 0.1) is 6.92 Å². The van der Waals surface area contributed by atoms with E-state index in [9.17, 15) is 13.2 Å². The number of hydrogen-bond acceptors (Lipinski definition) is 8. The first-order valence-corrected chi connectivity index (χ1v) is 20.2. The SMILES string of the molecule is Cc1cc(S(=O)(=O)NC(=O)c2ccc(N3CCN(Cc4ccccc4-c4ccc(Cl)cc4)CC3)cc2Oc2ccccc2)ccc1NCCCCN(C)C. The summed E-state index contributed by atoms with van der Waals surface area (Å²) in [5.41, 5.74) is 6.24. The van der Waals surface area contributed by atoms with Crippen LogP contribution in [0.5, 0.6) is 11.5 Å². The molecular formula is C43H48ClN5O4S. The summed E-state index contributed by atoms with van der Waals surface area (Å²) in [6.07, 6.45) is 2.06. The molecule has 0 atom stereocenters. The summed E-state index contributed by atoms with van der Waals surface area (Å²) >= 11 is 6.15. The predicted octanol–water partition coefficient (Wildman–Crippen LogP) is 8.30. The Morgan fingerprint density at radius 1 is 0.833 bits per heavy atom. The van der Waals surface area contributed by atoms with Crippen LogP contribution < -0.4 is 19.7 Å². The molecule has 6 rings (SSSR count). The van der Waals surface area contributed by atoms with Gasteiger partial charge in [0.05, 0.1) is 10.5 Å². The van der Waals surface area contributed by atoms with Crippen molar-refractivity contribution in [2.75, 3.05) is 63.6 Å². The van der Waals surface area contributed by atoms with Crippen molar-refractivity contribution in [1.82, 2.24) is 14.5 Å². The Labute approximate surface area is 324 Å². The molecule has 2 N–H and O–H groups in total. The Hall–Kier alpha value is -4.87. The normalized spacial score (nSPS) is 13.5. The fourth-order valence-electron chi connectivity index (χ4n) is 6.58. The lowest BCUT2D eigenvalue weighted by molar-refractivity contribution is 0.0979. The van der Waals surface area contributed by atoms with Gasteiger partial charge in [-0.2, -0.15) is 0 Å². The summed E-state index contributed by atoms with van der Waals surface area (Å²) in [4.78, 5) is 20.6. The number of aryl methyl sites for hydroxylation is 1. The number of unbranched alkanes of at least 4 members (excludes halogenated alkanes) is 1. The smallest absolute Gasteiger partial charge is 0.268 e. The van der Waals surface area contributed by atoms with Crippen LogP contribution >= 0.6 is 11.6 Å². The summed E-state index contributed by atoms with van der Waals surface area (Å²) in [6, 6.07) is 35.7. The van der Waals surface area contributed by atoms with Gasteiger partial charge in [0.25, 0.3) is 15.9 Å². The van der Waals surface area contributed by atoms with Gasteiger partial charge in [0, 0.05) is 61.7 Å². The molecule has 54 heavy (non-hydrogen) atoms. The molecule has 5 aromatic rings. The number of piperazine rings is 1. The van der Waals surface area contributed by atoms with Gasteiger partial charge in [-0.15, -0.1) is 0 Å². The Bertz CT molecular complexity index is 2140. The Morgan fingerprint density at radius 3 is 2.28 bits per heavy atom. The first-order valence-electron chi connectivity index (χ1n) is 18.3. The maximum absolute atomic E-state index is 13.7. The molecule has 0 spiro atoms. The van der Waals surface area contributed by atoms with Crippen molar-refractivity contribution >= 4 is 38.9 Å². The highest BCUT2D eigenvalue weighted by atomic mass is 35.5. The van der Waals surface area contributed by atoms with Gasteiger partial charge < -0.3 is 19.9 Å². The number of carbonyl (C=O) groups excluding carboxylic acids is 1. The number of benzene rings is 5. The molecule has 1 saturated heterocycles. The second kappa shape index (κ2) is 18.0. The lowest BCUT2D eigenvalue weighted by Gasteiger charge is -2.36. The van der Waals surface area contributed by atoms with Crippen LogP contribution in [0.25, 0.3) is 11.1 Å². The predicted molar refractivity (Wildman–Crippen MR) is 219 cm³/mol. The maximum Gasteiger partial charge on any atom is 0.268 e. The van der Waals surface area contributed by atoms with E-state index in [0.717, 1.165) is 86.2 Å². The first-order chi connectivity index (χ1) is 26.1. The van der Waals surface area contributed by atoms with Gasteiger partial charge in [0.1, 0.15) is 11.5 Å². The van der Waals surface area contributed by atoms with Crippen LogP contribution in [0.3, 0.4) is 0 Å². The number of amides is 1. The van der Waals surface area contributed by atoms with Gasteiger partial charge in [-0.1, -0.05) is 66.2 Å². The van der Waals surface area contributed by atoms with E-state index < -0.39 is 15.9 Å². The highest BCUT2D eigenvalue weighted by molar-refractivity contribution is 7.90. The minimum atomic E-state index is -4.17. The number of nitrogens with one attached hydrogen (secondary N) is 2. The summed E-state index contributed by atoms with van der Waals surface area (Å²) in [7, 11) is -0.0660. The topological polar surface area (TPSA) is 94.2 Å². The third-order valence-corrected chi connectivity index (χ3v) is 11.1. The molecule has 0 radical (unpaired) electrons. The zero-order valence-electron chi connectivity index (χ0n) is 31.1. The van der Waals surface area contributed by atoms with Gasteiger partial charge in [0.15, 0.2) is 0 Å². The number of hydrogen-bond donors (Lipinski definition) is 2. The van der Waals surface area contributed by atoms with Gasteiger partial charge in [0.2, 0.25) is 0 Å². The van der Waals surface area contributed by atoms with Gasteiger partial charge >= 0.3 is 0 Å². The number of halogens is 1. The molecule has 5 aromatic carbocycles. The zero-order valence-corrected chi connectivity index (χ0v) is 32.7. The molecule has 0 aliphatic carbocycles. The molecule has 1 amide bonds. The molecule has 0 aromatic heterocycles. The molecule has 9 nitrogen and oxygen atoms in total. The van der Waals surface area contributed by atoms with E-state index in [1.165, 1.54) is 17.2 Å². The minimum absolute atomic E-state index is 0.0160. The van der Waals surface area contributed by atoms with E-state index in [0.29, 0.717) is 5.75 Å². The number of ether oxygens (including phenoxy) is 1. The van der Waals surface area contributed by atoms with E-state index in [4.69, 9.17) is 16.3 Å². The lowest BCUT2D eigenvalue weighted by Crippen LogP contribution is -2.46. The Balaban J connectivity index is 1.14. The number of anilines is 2. The third kappa shape index (κ3) is 10.2. The summed E-state index contributed by atoms with van der Waals surface area (Å²) < 4.78 is 35.5. The quantitative estimate of drug-likeness (QED) is 0.103. The molecule has 0 bridgehead atoms. The van der Waals surface area contributed by atoms with Gasteiger partial charge in [-0.05, 0) is 117 Å². The molecule has 0 unspecified atom stereocenters. The molecule has 1 aliphatic heterocycles. The molecule has 1 aliphatic rings. The van der Waals surface area contributed by atoms with Crippen molar-refractivity contribution in [2.24, 2.45) is 0 Å². The minimum Gasteiger partial charge on any atom is -0.456 e. The second-order valence-electron chi connectivity index (χ2n) is 13.9. The van der Waals surface area contributed by atoms with Crippen molar-refractivity contribution in [3.63, 3.8) is 0 Å². The van der Waals surface area contributed by atoms with Crippen LogP contribution in [-0.2, 0) is 16.6 Å². The lowest BCUT2D eigenvalue weighted by atomic mass is 9.99. The van der Waals surface area contributed by atoms with Gasteiger partial charge in [-0.25, -0.2) is 13.1 Å². The Morgan fingerprint density at radius 2 is 1.56 bits per heavy atom. The average molecular weight is 766 g/mol. The van der Waals surface area contributed by atoms with Crippen LogP contribution in [-0.4, -0.2) is 77.5 Å². The summed E-state index contributed by atoms with van der Waals surface area (Å²) in [5.74, 6) is 0.0456. The Kier molecular flexibility index (Phi) is 12.9. The number of para-hydroxylation sites is 1. The second-order valence-corrected chi connectivity index (χ2v) is 16.0. The van der Waals surface area contributed by atoms with Crippen molar-refractivity contribution in [1.29, 1.82) is 0 Å². The molecule has 0 saturated carbocycles. The van der Waals surface area contributed by atoms with Crippen molar-refractivity contribution < 1.29 is 17.9 Å². The van der Waals surface area contributed by atoms with E-state index >= 15 is 0 Å². The number of nitrogens with zero attached hydrogens (tertiary/aromatic N) is 3. The third-order valence-electron chi connectivity index (χ3n) is 9.57. The van der Waals surface area contributed by atoms with Crippen LogP contribution in [0.15, 0.2) is 120 Å². The van der Waals surface area contributed by atoms with E-state index in [1.54, 1.807) is 30.3 Å². The van der Waals surface area contributed by atoms with E-state index in [2.05, 4.69) is 75.2 Å². The molecule has 1 heterocycles. The highest BCUT2D eigenvalue weighted by Gasteiger charge is 2.25. The van der Waals surface area contributed by atoms with Gasteiger partial charge in [-0.3, -0.25) is 9.69 Å². The maximum atomic E-state index is 13.7. The fraction of sp³-hybridized carbons (Fsp3) is 0.279. The summed E-state index contributed by atoms with van der Waals surface area (Å²) in [5, 5.41) is 4.11. The van der Waals surface area contributed by atoms with Crippen LogP contribution in [0.1, 0.15) is 34.3 Å². The van der Waals surface area contributed by atoms with E-state index in [-0.39, 0.29) is 16.2 Å². The number of sulfonamides is 1. The van der Waals surface area contributed by atoms with Crippen LogP contribution in [0.4, 0.5) is 11.4 Å². The van der Waals surface area contributed by atoms with Crippen LogP contribution in [0.2, 0.25) is 5.02 Å². The molecular weight excluding hydrogens is 718 g/mol. The number of carbonyl (C=O) groups is 1. The molecule has 11 heteroatoms. The largest absolute Gasteiger partial charge is 0.456 e. The highest BCUT2D eigenvalue weighted by Crippen LogP contribution is 2.32. The summed E-state index contributed by atoms with van der Waals surface area (Å²) in [6.45, 7) is 7.70. The molecule has 282 valence electrons. The van der Waals surface area contributed by atoms with E-state index in [1.807, 2.05) is 49.4 Å². The van der Waals surface area contributed by atoms with Crippen molar-refractivity contribution in [2.45, 2.75) is 31.2 Å². The van der Waals surface area contributed by atoms with Crippen molar-refractivity contribution in [3.8, 4) is 22.6 Å². The average Bonchev–Trinajstić information content (AvgIpc) is 3.16. The first kappa shape index (κ1) is 38.8. The monoisotopic (exact) mass is 765 g/mol. The zero-order chi connectivity index (χ0) is 38.1. The number of rotatable bonds is 15. The van der Waals surface area contributed by atoms with Crippen molar-refractivity contribution in [3.05, 3.63) is 137 Å².